The lowest BCUT2D eigenvalue weighted by Crippen LogP contribution is -2.28. The molecule has 4 atom stereocenters. The van der Waals surface area contributed by atoms with Crippen LogP contribution in [0.1, 0.15) is 35.2 Å². The first-order valence-corrected chi connectivity index (χ1v) is 7.12. The predicted octanol–water partition coefficient (Wildman–Crippen LogP) is 2.31. The molecule has 1 aromatic rings. The average molecular weight is 274 g/mol. The normalized spacial score (nSPS) is 31.4. The maximum absolute atomic E-state index is 11.2. The number of hydrogen-bond donors (Lipinski definition) is 1. The van der Waals surface area contributed by atoms with Gasteiger partial charge in [-0.1, -0.05) is 12.1 Å². The third-order valence-corrected chi connectivity index (χ3v) is 4.61. The number of aromatic carboxylic acids is 1. The zero-order valence-corrected chi connectivity index (χ0v) is 11.2. The summed E-state index contributed by atoms with van der Waals surface area (Å²) in [5.74, 6) is -0.531. The molecule has 0 radical (unpaired) electrons. The molecule has 2 aliphatic rings. The third kappa shape index (κ3) is 2.36. The minimum absolute atomic E-state index is 0.0482. The topological polar surface area (TPSA) is 63.6 Å². The fourth-order valence-corrected chi connectivity index (χ4v) is 3.53. The van der Waals surface area contributed by atoms with Crippen LogP contribution < -0.4 is 0 Å². The number of benzene rings is 1. The third-order valence-electron chi connectivity index (χ3n) is 4.61. The largest absolute Gasteiger partial charge is 0.478 e. The Bertz CT molecular complexity index is 508. The first-order chi connectivity index (χ1) is 9.69. The summed E-state index contributed by atoms with van der Waals surface area (Å²) < 4.78 is 5.82. The maximum Gasteiger partial charge on any atom is 0.335 e. The van der Waals surface area contributed by atoms with Crippen molar-refractivity contribution in [1.82, 2.24) is 0 Å². The molecular weight excluding hydrogens is 256 g/mol. The van der Waals surface area contributed by atoms with E-state index in [0.29, 0.717) is 11.5 Å². The molecule has 0 spiro atoms. The van der Waals surface area contributed by atoms with Crippen LogP contribution >= 0.6 is 0 Å². The van der Waals surface area contributed by atoms with Crippen molar-refractivity contribution in [3.63, 3.8) is 0 Å². The van der Waals surface area contributed by atoms with Gasteiger partial charge in [-0.15, -0.1) is 0 Å². The number of ether oxygens (including phenoxy) is 1. The van der Waals surface area contributed by atoms with Crippen LogP contribution in [-0.4, -0.2) is 29.6 Å². The molecule has 2 aliphatic heterocycles. The Morgan fingerprint density at radius 1 is 1.25 bits per heavy atom. The van der Waals surface area contributed by atoms with E-state index >= 15 is 0 Å². The Labute approximate surface area is 117 Å². The Morgan fingerprint density at radius 2 is 1.95 bits per heavy atom. The van der Waals surface area contributed by atoms with Crippen LogP contribution in [0.2, 0.25) is 0 Å². The number of carboxylic acids is 1. The van der Waals surface area contributed by atoms with E-state index in [-0.39, 0.29) is 18.1 Å². The molecule has 4 heteroatoms. The van der Waals surface area contributed by atoms with Crippen molar-refractivity contribution in [2.75, 3.05) is 0 Å². The molecule has 0 aromatic heterocycles. The molecule has 0 amide bonds. The Balaban J connectivity index is 1.61. The van der Waals surface area contributed by atoms with E-state index in [0.717, 1.165) is 37.5 Å². The van der Waals surface area contributed by atoms with Gasteiger partial charge in [0, 0.05) is 5.92 Å². The average Bonchev–Trinajstić information content (AvgIpc) is 3.05. The molecule has 2 bridgehead atoms. The lowest BCUT2D eigenvalue weighted by molar-refractivity contribution is -0.113. The summed E-state index contributed by atoms with van der Waals surface area (Å²) in [5.41, 5.74) is 1.42. The molecule has 2 saturated heterocycles. The Morgan fingerprint density at radius 3 is 2.60 bits per heavy atom. The highest BCUT2D eigenvalue weighted by Crippen LogP contribution is 2.44. The summed E-state index contributed by atoms with van der Waals surface area (Å²) in [6.45, 7) is 0. The van der Waals surface area contributed by atoms with E-state index in [9.17, 15) is 9.59 Å². The summed E-state index contributed by atoms with van der Waals surface area (Å²) in [4.78, 5) is 22.0. The number of hydrogen-bond acceptors (Lipinski definition) is 3. The van der Waals surface area contributed by atoms with E-state index in [1.165, 1.54) is 0 Å². The van der Waals surface area contributed by atoms with E-state index in [4.69, 9.17) is 9.84 Å². The Kier molecular flexibility index (Phi) is 3.57. The van der Waals surface area contributed by atoms with Gasteiger partial charge in [-0.25, -0.2) is 4.79 Å². The van der Waals surface area contributed by atoms with Crippen molar-refractivity contribution >= 4 is 12.3 Å². The van der Waals surface area contributed by atoms with Crippen molar-refractivity contribution in [3.05, 3.63) is 35.4 Å². The van der Waals surface area contributed by atoms with E-state index in [1.807, 2.05) is 12.1 Å². The fourth-order valence-electron chi connectivity index (χ4n) is 3.53. The quantitative estimate of drug-likeness (QED) is 0.837. The van der Waals surface area contributed by atoms with Crippen molar-refractivity contribution in [3.8, 4) is 0 Å². The monoisotopic (exact) mass is 274 g/mol. The van der Waals surface area contributed by atoms with Crippen molar-refractivity contribution in [2.24, 2.45) is 11.8 Å². The summed E-state index contributed by atoms with van der Waals surface area (Å²) in [7, 11) is 0. The lowest BCUT2D eigenvalue weighted by atomic mass is 9.77. The van der Waals surface area contributed by atoms with Crippen LogP contribution in [0.5, 0.6) is 0 Å². The van der Waals surface area contributed by atoms with Gasteiger partial charge < -0.3 is 14.6 Å². The molecule has 0 saturated carbocycles. The molecule has 4 unspecified atom stereocenters. The van der Waals surface area contributed by atoms with E-state index in [2.05, 4.69) is 0 Å². The van der Waals surface area contributed by atoms with Crippen LogP contribution in [0.15, 0.2) is 24.3 Å². The summed E-state index contributed by atoms with van der Waals surface area (Å²) >= 11 is 0. The highest BCUT2D eigenvalue weighted by molar-refractivity contribution is 5.87. The van der Waals surface area contributed by atoms with E-state index in [1.54, 1.807) is 12.1 Å². The van der Waals surface area contributed by atoms with E-state index < -0.39 is 5.97 Å². The maximum atomic E-state index is 11.2. The number of carbonyl (C=O) groups excluding carboxylic acids is 1. The second kappa shape index (κ2) is 5.37. The predicted molar refractivity (Wildman–Crippen MR) is 72.7 cm³/mol. The number of fused-ring (bicyclic) bond motifs is 2. The zero-order valence-electron chi connectivity index (χ0n) is 11.2. The highest BCUT2D eigenvalue weighted by atomic mass is 16.5. The molecule has 2 fully saturated rings. The zero-order chi connectivity index (χ0) is 14.1. The van der Waals surface area contributed by atoms with Gasteiger partial charge in [0.2, 0.25) is 0 Å². The highest BCUT2D eigenvalue weighted by Gasteiger charge is 2.48. The fraction of sp³-hybridized carbons (Fsp3) is 0.500. The van der Waals surface area contributed by atoms with Crippen LogP contribution in [0.4, 0.5) is 0 Å². The van der Waals surface area contributed by atoms with Gasteiger partial charge in [0.1, 0.15) is 6.29 Å². The first kappa shape index (κ1) is 13.3. The van der Waals surface area contributed by atoms with Gasteiger partial charge in [0.05, 0.1) is 17.8 Å². The van der Waals surface area contributed by atoms with Gasteiger partial charge in [0.25, 0.3) is 0 Å². The van der Waals surface area contributed by atoms with Gasteiger partial charge in [0.15, 0.2) is 0 Å². The SMILES string of the molecule is O=CC1C2CCC(O2)C1CCc1ccc(C(=O)O)cc1. The first-order valence-electron chi connectivity index (χ1n) is 7.12. The minimum atomic E-state index is -0.904. The van der Waals surface area contributed by atoms with Crippen molar-refractivity contribution in [1.29, 1.82) is 0 Å². The minimum Gasteiger partial charge on any atom is -0.478 e. The smallest absolute Gasteiger partial charge is 0.335 e. The standard InChI is InChI=1S/C16H18O4/c17-9-13-12(14-7-8-15(13)20-14)6-3-10-1-4-11(5-2-10)16(18)19/h1-2,4-5,9,12-15H,3,6-8H2,(H,18,19). The van der Waals surface area contributed by atoms with Gasteiger partial charge >= 0.3 is 5.97 Å². The number of carbonyl (C=O) groups is 2. The Hall–Kier alpha value is -1.68. The number of aryl methyl sites for hydroxylation is 1. The lowest BCUT2D eigenvalue weighted by Gasteiger charge is -2.23. The molecular formula is C16H18O4. The van der Waals surface area contributed by atoms with Crippen molar-refractivity contribution < 1.29 is 19.4 Å². The summed E-state index contributed by atoms with van der Waals surface area (Å²) in [6, 6.07) is 6.97. The molecule has 2 heterocycles. The second-order valence-corrected chi connectivity index (χ2v) is 5.71. The molecule has 20 heavy (non-hydrogen) atoms. The molecule has 106 valence electrons. The summed E-state index contributed by atoms with van der Waals surface area (Å²) in [5, 5.41) is 8.86. The van der Waals surface area contributed by atoms with Gasteiger partial charge in [-0.05, 0) is 49.3 Å². The van der Waals surface area contributed by atoms with Crippen LogP contribution in [0.25, 0.3) is 0 Å². The molecule has 1 N–H and O–H groups in total. The van der Waals surface area contributed by atoms with Crippen molar-refractivity contribution in [2.45, 2.75) is 37.9 Å². The number of aldehydes is 1. The number of rotatable bonds is 5. The molecule has 4 nitrogen and oxygen atoms in total. The van der Waals surface area contributed by atoms with Crippen LogP contribution in [0.3, 0.4) is 0 Å². The molecule has 0 aliphatic carbocycles. The van der Waals surface area contributed by atoms with Gasteiger partial charge in [-0.2, -0.15) is 0 Å². The van der Waals surface area contributed by atoms with Crippen LogP contribution in [-0.2, 0) is 16.0 Å². The van der Waals surface area contributed by atoms with Crippen LogP contribution in [0, 0.1) is 11.8 Å². The van der Waals surface area contributed by atoms with Gasteiger partial charge in [-0.3, -0.25) is 0 Å². The summed E-state index contributed by atoms with van der Waals surface area (Å²) in [6.07, 6.45) is 5.31. The number of carboxylic acid groups (broad SMARTS) is 1. The second-order valence-electron chi connectivity index (χ2n) is 5.71. The molecule has 1 aromatic carbocycles. The molecule has 3 rings (SSSR count).